The summed E-state index contributed by atoms with van der Waals surface area (Å²) in [4.78, 5) is 5.84. The molecule has 0 saturated heterocycles. The molecule has 1 N–H and O–H groups in total. The Morgan fingerprint density at radius 1 is 1.33 bits per heavy atom. The smallest absolute Gasteiger partial charge is 0.207 e. The van der Waals surface area contributed by atoms with Gasteiger partial charge in [0.05, 0.1) is 11.4 Å². The fourth-order valence-corrected chi connectivity index (χ4v) is 2.66. The van der Waals surface area contributed by atoms with Gasteiger partial charge in [0.15, 0.2) is 0 Å². The van der Waals surface area contributed by atoms with E-state index in [0.717, 1.165) is 17.3 Å². The lowest BCUT2D eigenvalue weighted by atomic mass is 10.3. The molecule has 0 bridgehead atoms. The van der Waals surface area contributed by atoms with Crippen molar-refractivity contribution in [3.63, 3.8) is 0 Å². The van der Waals surface area contributed by atoms with Gasteiger partial charge in [-0.05, 0) is 38.2 Å². The van der Waals surface area contributed by atoms with Gasteiger partial charge in [0.25, 0.3) is 0 Å². The van der Waals surface area contributed by atoms with E-state index in [1.54, 1.807) is 11.8 Å². The zero-order valence-corrected chi connectivity index (χ0v) is 11.5. The Balaban J connectivity index is 1.91. The number of nitrogens with zero attached hydrogens (tertiary/aromatic N) is 2. The number of thioether (sulfide) groups is 1. The number of para-hydroxylation sites is 1. The topological polar surface area (TPSA) is 29.9 Å². The maximum Gasteiger partial charge on any atom is 0.207 e. The summed E-state index contributed by atoms with van der Waals surface area (Å²) < 4.78 is 2.27. The lowest BCUT2D eigenvalue weighted by molar-refractivity contribution is 0.750. The van der Waals surface area contributed by atoms with Crippen molar-refractivity contribution in [2.75, 3.05) is 11.6 Å². The molecular formula is C14H17N3S. The van der Waals surface area contributed by atoms with Crippen LogP contribution in [0.4, 0.5) is 11.6 Å². The summed E-state index contributed by atoms with van der Waals surface area (Å²) in [6.07, 6.45) is 6.78. The molecule has 0 unspecified atom stereocenters. The molecule has 18 heavy (non-hydrogen) atoms. The van der Waals surface area contributed by atoms with Crippen molar-refractivity contribution in [1.82, 2.24) is 9.55 Å². The summed E-state index contributed by atoms with van der Waals surface area (Å²) in [6.45, 7) is 2.05. The van der Waals surface area contributed by atoms with Gasteiger partial charge < -0.3 is 9.88 Å². The summed E-state index contributed by atoms with van der Waals surface area (Å²) >= 11 is 1.75. The van der Waals surface area contributed by atoms with E-state index >= 15 is 0 Å². The number of rotatable bonds is 4. The highest BCUT2D eigenvalue weighted by atomic mass is 32.2. The van der Waals surface area contributed by atoms with Crippen LogP contribution in [-0.4, -0.2) is 15.8 Å². The van der Waals surface area contributed by atoms with E-state index in [-0.39, 0.29) is 0 Å². The van der Waals surface area contributed by atoms with Gasteiger partial charge in [-0.2, -0.15) is 0 Å². The third kappa shape index (κ3) is 2.25. The molecule has 2 aromatic rings. The van der Waals surface area contributed by atoms with Gasteiger partial charge in [-0.3, -0.25) is 0 Å². The van der Waals surface area contributed by atoms with E-state index in [4.69, 9.17) is 0 Å². The Bertz CT molecular complexity index is 558. The van der Waals surface area contributed by atoms with Crippen molar-refractivity contribution < 1.29 is 0 Å². The standard InChI is InChI=1S/C14H17N3S/c1-10-9-17(11-7-8-11)14(15-10)16-12-5-3-4-6-13(12)18-2/h3-6,9,11H,7-8H2,1-2H3,(H,15,16). The van der Waals surface area contributed by atoms with Crippen molar-refractivity contribution >= 4 is 23.4 Å². The third-order valence-electron chi connectivity index (χ3n) is 3.15. The van der Waals surface area contributed by atoms with Crippen LogP contribution in [0.3, 0.4) is 0 Å². The highest BCUT2D eigenvalue weighted by molar-refractivity contribution is 7.98. The van der Waals surface area contributed by atoms with E-state index in [1.165, 1.54) is 17.7 Å². The average Bonchev–Trinajstić information content (AvgIpc) is 3.15. The second kappa shape index (κ2) is 4.69. The van der Waals surface area contributed by atoms with Crippen molar-refractivity contribution in [3.8, 4) is 0 Å². The molecule has 1 aliphatic rings. The van der Waals surface area contributed by atoms with E-state index in [9.17, 15) is 0 Å². The fourth-order valence-electron chi connectivity index (χ4n) is 2.11. The summed E-state index contributed by atoms with van der Waals surface area (Å²) in [5.74, 6) is 0.969. The number of benzene rings is 1. The molecule has 1 aromatic carbocycles. The molecule has 1 aromatic heterocycles. The maximum absolute atomic E-state index is 4.59. The molecule has 0 aliphatic heterocycles. The van der Waals surface area contributed by atoms with Gasteiger partial charge in [0, 0.05) is 17.1 Å². The molecule has 0 atom stereocenters. The number of aryl methyl sites for hydroxylation is 1. The Morgan fingerprint density at radius 2 is 2.11 bits per heavy atom. The Kier molecular flexibility index (Phi) is 3.04. The van der Waals surface area contributed by atoms with Gasteiger partial charge in [-0.15, -0.1) is 11.8 Å². The summed E-state index contributed by atoms with van der Waals surface area (Å²) in [6, 6.07) is 9.00. The van der Waals surface area contributed by atoms with Crippen LogP contribution in [0.1, 0.15) is 24.6 Å². The van der Waals surface area contributed by atoms with Crippen LogP contribution in [-0.2, 0) is 0 Å². The van der Waals surface area contributed by atoms with Crippen LogP contribution in [0.5, 0.6) is 0 Å². The monoisotopic (exact) mass is 259 g/mol. The number of nitrogens with one attached hydrogen (secondary N) is 1. The molecule has 1 aliphatic carbocycles. The van der Waals surface area contributed by atoms with Crippen molar-refractivity contribution in [2.24, 2.45) is 0 Å². The molecule has 3 rings (SSSR count). The SMILES string of the molecule is CSc1ccccc1Nc1nc(C)cn1C1CC1. The minimum Gasteiger partial charge on any atom is -0.325 e. The second-order valence-electron chi connectivity index (χ2n) is 4.67. The predicted molar refractivity (Wildman–Crippen MR) is 76.7 cm³/mol. The van der Waals surface area contributed by atoms with Gasteiger partial charge in [0.1, 0.15) is 0 Å². The van der Waals surface area contributed by atoms with Crippen molar-refractivity contribution in [3.05, 3.63) is 36.2 Å². The fraction of sp³-hybridized carbons (Fsp3) is 0.357. The molecule has 1 heterocycles. The molecule has 0 radical (unpaired) electrons. The predicted octanol–water partition coefficient (Wildman–Crippen LogP) is 3.99. The minimum atomic E-state index is 0.648. The maximum atomic E-state index is 4.59. The number of hydrogen-bond acceptors (Lipinski definition) is 3. The van der Waals surface area contributed by atoms with E-state index < -0.39 is 0 Å². The average molecular weight is 259 g/mol. The zero-order valence-electron chi connectivity index (χ0n) is 10.7. The molecule has 1 saturated carbocycles. The Labute approximate surface area is 112 Å². The first-order valence-electron chi connectivity index (χ1n) is 6.23. The van der Waals surface area contributed by atoms with Crippen molar-refractivity contribution in [2.45, 2.75) is 30.7 Å². The van der Waals surface area contributed by atoms with Crippen LogP contribution < -0.4 is 5.32 Å². The Hall–Kier alpha value is -1.42. The third-order valence-corrected chi connectivity index (χ3v) is 3.94. The second-order valence-corrected chi connectivity index (χ2v) is 5.52. The molecule has 1 fully saturated rings. The number of anilines is 2. The lowest BCUT2D eigenvalue weighted by Gasteiger charge is -2.11. The summed E-state index contributed by atoms with van der Waals surface area (Å²) in [7, 11) is 0. The number of hydrogen-bond donors (Lipinski definition) is 1. The quantitative estimate of drug-likeness (QED) is 0.842. The van der Waals surface area contributed by atoms with Crippen LogP contribution >= 0.6 is 11.8 Å². The highest BCUT2D eigenvalue weighted by Crippen LogP contribution is 2.38. The highest BCUT2D eigenvalue weighted by Gasteiger charge is 2.26. The number of aromatic nitrogens is 2. The molecule has 4 heteroatoms. The summed E-state index contributed by atoms with van der Waals surface area (Å²) in [5, 5.41) is 3.47. The van der Waals surface area contributed by atoms with E-state index in [1.807, 2.05) is 6.92 Å². The Morgan fingerprint density at radius 3 is 2.83 bits per heavy atom. The van der Waals surface area contributed by atoms with Gasteiger partial charge in [0.2, 0.25) is 5.95 Å². The lowest BCUT2D eigenvalue weighted by Crippen LogP contribution is -2.01. The molecule has 94 valence electrons. The first-order valence-corrected chi connectivity index (χ1v) is 7.46. The van der Waals surface area contributed by atoms with Crippen LogP contribution in [0.15, 0.2) is 35.4 Å². The van der Waals surface area contributed by atoms with Crippen LogP contribution in [0, 0.1) is 6.92 Å². The van der Waals surface area contributed by atoms with Gasteiger partial charge >= 0.3 is 0 Å². The zero-order chi connectivity index (χ0) is 12.5. The first-order chi connectivity index (χ1) is 8.78. The van der Waals surface area contributed by atoms with E-state index in [0.29, 0.717) is 6.04 Å². The van der Waals surface area contributed by atoms with Crippen LogP contribution in [0.2, 0.25) is 0 Å². The van der Waals surface area contributed by atoms with Gasteiger partial charge in [-0.1, -0.05) is 12.1 Å². The molecule has 0 amide bonds. The minimum absolute atomic E-state index is 0.648. The molecule has 3 nitrogen and oxygen atoms in total. The number of imidazole rings is 1. The molecule has 0 spiro atoms. The summed E-state index contributed by atoms with van der Waals surface area (Å²) in [5.41, 5.74) is 2.21. The largest absolute Gasteiger partial charge is 0.325 e. The normalized spacial score (nSPS) is 14.8. The van der Waals surface area contributed by atoms with E-state index in [2.05, 4.69) is 51.6 Å². The van der Waals surface area contributed by atoms with Crippen LogP contribution in [0.25, 0.3) is 0 Å². The first kappa shape index (κ1) is 11.7. The molecular weight excluding hydrogens is 242 g/mol. The van der Waals surface area contributed by atoms with Crippen molar-refractivity contribution in [1.29, 1.82) is 0 Å². The van der Waals surface area contributed by atoms with Gasteiger partial charge in [-0.25, -0.2) is 4.98 Å².